The van der Waals surface area contributed by atoms with Crippen molar-refractivity contribution in [3.63, 3.8) is 0 Å². The van der Waals surface area contributed by atoms with Gasteiger partial charge < -0.3 is 23.7 Å². The highest BCUT2D eigenvalue weighted by Crippen LogP contribution is 2.44. The summed E-state index contributed by atoms with van der Waals surface area (Å²) < 4.78 is 24.6. The average molecular weight is 668 g/mol. The summed E-state index contributed by atoms with van der Waals surface area (Å²) >= 11 is 0. The van der Waals surface area contributed by atoms with Gasteiger partial charge in [-0.3, -0.25) is 10.2 Å². The second-order valence-electron chi connectivity index (χ2n) is 15.5. The third-order valence-electron chi connectivity index (χ3n) is 10.5. The first-order valence-corrected chi connectivity index (χ1v) is 17.4. The monoisotopic (exact) mass is 667 g/mol. The highest BCUT2D eigenvalue weighted by Gasteiger charge is 2.52. The third kappa shape index (κ3) is 7.09. The number of anilines is 1. The standard InChI is InChI=1S/C39H50BN3O6/c1-25-27(23-42-18-20-43(21-19-42)36(45)47-37(3,4)5)22-33(26(2)34(25)40-48-38(6,7)39(8,9)49-40)41-35(44)46-24-32-30-16-12-10-14-28(30)29-15-11-13-17-31(29)32/h10-17,22,32H,18-21,23-24H2,1-9H3,(H,41,44). The first kappa shape index (κ1) is 35.0. The molecule has 49 heavy (non-hydrogen) atoms. The maximum Gasteiger partial charge on any atom is 0.495 e. The fourth-order valence-corrected chi connectivity index (χ4v) is 7.00. The summed E-state index contributed by atoms with van der Waals surface area (Å²) in [5, 5.41) is 3.08. The summed E-state index contributed by atoms with van der Waals surface area (Å²) in [7, 11) is -0.600. The molecule has 0 aromatic heterocycles. The normalized spacial score (nSPS) is 18.6. The van der Waals surface area contributed by atoms with Crippen LogP contribution in [0.1, 0.15) is 82.2 Å². The number of fused-ring (bicyclic) bond motifs is 3. The lowest BCUT2D eigenvalue weighted by Crippen LogP contribution is -2.49. The summed E-state index contributed by atoms with van der Waals surface area (Å²) in [5.74, 6) is -0.0347. The predicted molar refractivity (Wildman–Crippen MR) is 193 cm³/mol. The fourth-order valence-electron chi connectivity index (χ4n) is 7.00. The Bertz CT molecular complexity index is 1680. The molecule has 0 bridgehead atoms. The van der Waals surface area contributed by atoms with Crippen LogP contribution >= 0.6 is 0 Å². The van der Waals surface area contributed by atoms with Crippen molar-refractivity contribution in [1.29, 1.82) is 0 Å². The number of hydrogen-bond donors (Lipinski definition) is 1. The van der Waals surface area contributed by atoms with Gasteiger partial charge in [0.2, 0.25) is 0 Å². The SMILES string of the molecule is Cc1c(CN2CCN(C(=O)OC(C)(C)C)CC2)cc(NC(=O)OCC2c3ccccc3-c3ccccc32)c(C)c1B1OC(C)(C)C(C)(C)O1. The summed E-state index contributed by atoms with van der Waals surface area (Å²) in [6.45, 7) is 21.3. The molecule has 0 unspecified atom stereocenters. The molecule has 0 saturated carbocycles. The zero-order valence-corrected chi connectivity index (χ0v) is 30.4. The molecule has 3 aliphatic rings. The van der Waals surface area contributed by atoms with E-state index in [9.17, 15) is 9.59 Å². The van der Waals surface area contributed by atoms with Crippen LogP contribution in [0.5, 0.6) is 0 Å². The van der Waals surface area contributed by atoms with Crippen LogP contribution < -0.4 is 10.8 Å². The Morgan fingerprint density at radius 1 is 0.878 bits per heavy atom. The summed E-state index contributed by atoms with van der Waals surface area (Å²) in [5.41, 5.74) is 7.69. The van der Waals surface area contributed by atoms with Gasteiger partial charge in [0.15, 0.2) is 0 Å². The second-order valence-corrected chi connectivity index (χ2v) is 15.5. The van der Waals surface area contributed by atoms with Crippen LogP contribution in [0, 0.1) is 13.8 Å². The topological polar surface area (TPSA) is 89.6 Å². The van der Waals surface area contributed by atoms with Gasteiger partial charge >= 0.3 is 19.3 Å². The number of nitrogens with one attached hydrogen (secondary N) is 1. The maximum atomic E-state index is 13.5. The van der Waals surface area contributed by atoms with Crippen LogP contribution in [0.15, 0.2) is 54.6 Å². The molecule has 2 saturated heterocycles. The van der Waals surface area contributed by atoms with E-state index in [1.807, 2.05) is 85.7 Å². The molecule has 9 nitrogen and oxygen atoms in total. The van der Waals surface area contributed by atoms with Crippen molar-refractivity contribution in [1.82, 2.24) is 9.80 Å². The van der Waals surface area contributed by atoms with Crippen LogP contribution in [0.25, 0.3) is 11.1 Å². The Hall–Kier alpha value is -3.86. The molecule has 1 N–H and O–H groups in total. The second kappa shape index (κ2) is 13.1. The molecule has 3 aromatic rings. The minimum Gasteiger partial charge on any atom is -0.448 e. The number of amides is 2. The van der Waals surface area contributed by atoms with E-state index in [1.54, 1.807) is 4.90 Å². The number of carbonyl (C=O) groups is 2. The largest absolute Gasteiger partial charge is 0.495 e. The number of nitrogens with zero attached hydrogens (tertiary/aromatic N) is 2. The van der Waals surface area contributed by atoms with Gasteiger partial charge in [0.1, 0.15) is 12.2 Å². The van der Waals surface area contributed by atoms with Gasteiger partial charge in [-0.15, -0.1) is 0 Å². The Labute approximate surface area is 291 Å². The highest BCUT2D eigenvalue weighted by molar-refractivity contribution is 6.63. The lowest BCUT2D eigenvalue weighted by molar-refractivity contribution is 0.00578. The van der Waals surface area contributed by atoms with E-state index < -0.39 is 30.0 Å². The average Bonchev–Trinajstić information content (AvgIpc) is 3.46. The van der Waals surface area contributed by atoms with E-state index in [0.29, 0.717) is 38.4 Å². The molecule has 2 aliphatic heterocycles. The zero-order chi connectivity index (χ0) is 35.3. The molecule has 3 aromatic carbocycles. The van der Waals surface area contributed by atoms with E-state index in [1.165, 1.54) is 22.3 Å². The molecule has 0 atom stereocenters. The quantitative estimate of drug-likeness (QED) is 0.283. The van der Waals surface area contributed by atoms with Crippen molar-refractivity contribution < 1.29 is 28.4 Å². The van der Waals surface area contributed by atoms with Gasteiger partial charge in [-0.25, -0.2) is 9.59 Å². The van der Waals surface area contributed by atoms with Crippen molar-refractivity contribution in [2.45, 2.75) is 91.6 Å². The van der Waals surface area contributed by atoms with Crippen LogP contribution in [-0.2, 0) is 25.3 Å². The number of ether oxygens (including phenoxy) is 2. The van der Waals surface area contributed by atoms with Gasteiger partial charge in [-0.05, 0) is 113 Å². The Morgan fingerprint density at radius 3 is 1.98 bits per heavy atom. The summed E-state index contributed by atoms with van der Waals surface area (Å²) in [6.07, 6.45) is -0.790. The molecule has 260 valence electrons. The fraction of sp³-hybridized carbons (Fsp3) is 0.487. The van der Waals surface area contributed by atoms with Crippen molar-refractivity contribution in [2.24, 2.45) is 0 Å². The Kier molecular flexibility index (Phi) is 9.37. The molecule has 2 fully saturated rings. The van der Waals surface area contributed by atoms with Crippen LogP contribution in [0.2, 0.25) is 0 Å². The summed E-state index contributed by atoms with van der Waals surface area (Å²) in [6, 6.07) is 18.7. The maximum absolute atomic E-state index is 13.5. The van der Waals surface area contributed by atoms with Crippen LogP contribution in [0.4, 0.5) is 15.3 Å². The van der Waals surface area contributed by atoms with E-state index in [-0.39, 0.29) is 18.6 Å². The number of carbonyl (C=O) groups excluding carboxylic acids is 2. The van der Waals surface area contributed by atoms with E-state index in [0.717, 1.165) is 22.2 Å². The Balaban J connectivity index is 1.22. The molecule has 10 heteroatoms. The predicted octanol–water partition coefficient (Wildman–Crippen LogP) is 7.02. The highest BCUT2D eigenvalue weighted by atomic mass is 16.7. The minimum atomic E-state index is -0.600. The van der Waals surface area contributed by atoms with Gasteiger partial charge in [0.25, 0.3) is 0 Å². The molecule has 6 rings (SSSR count). The number of piperazine rings is 1. The van der Waals surface area contributed by atoms with E-state index in [2.05, 4.69) is 41.4 Å². The van der Waals surface area contributed by atoms with E-state index >= 15 is 0 Å². The van der Waals surface area contributed by atoms with Crippen molar-refractivity contribution in [3.05, 3.63) is 82.4 Å². The van der Waals surface area contributed by atoms with Crippen molar-refractivity contribution >= 4 is 30.5 Å². The molecule has 1 aliphatic carbocycles. The summed E-state index contributed by atoms with van der Waals surface area (Å²) in [4.78, 5) is 30.3. The smallest absolute Gasteiger partial charge is 0.448 e. The van der Waals surface area contributed by atoms with E-state index in [4.69, 9.17) is 18.8 Å². The molecular formula is C39H50BN3O6. The lowest BCUT2D eigenvalue weighted by Gasteiger charge is -2.36. The number of rotatable bonds is 6. The minimum absolute atomic E-state index is 0.0347. The van der Waals surface area contributed by atoms with Gasteiger partial charge in [0.05, 0.1) is 11.2 Å². The Morgan fingerprint density at radius 2 is 1.43 bits per heavy atom. The van der Waals surface area contributed by atoms with Crippen LogP contribution in [0.3, 0.4) is 0 Å². The lowest BCUT2D eigenvalue weighted by atomic mass is 9.71. The van der Waals surface area contributed by atoms with Crippen molar-refractivity contribution in [3.8, 4) is 11.1 Å². The third-order valence-corrected chi connectivity index (χ3v) is 10.5. The zero-order valence-electron chi connectivity index (χ0n) is 30.4. The van der Waals surface area contributed by atoms with Gasteiger partial charge in [-0.2, -0.15) is 0 Å². The first-order chi connectivity index (χ1) is 23.0. The number of benzene rings is 3. The van der Waals surface area contributed by atoms with Crippen LogP contribution in [-0.4, -0.2) is 78.7 Å². The molecule has 2 amide bonds. The molecular weight excluding hydrogens is 617 g/mol. The molecule has 2 heterocycles. The number of hydrogen-bond acceptors (Lipinski definition) is 7. The molecule has 0 spiro atoms. The van der Waals surface area contributed by atoms with Gasteiger partial charge in [0, 0.05) is 44.3 Å². The first-order valence-electron chi connectivity index (χ1n) is 17.4. The molecule has 0 radical (unpaired) electrons. The van der Waals surface area contributed by atoms with Crippen molar-refractivity contribution in [2.75, 3.05) is 38.1 Å². The van der Waals surface area contributed by atoms with Gasteiger partial charge in [-0.1, -0.05) is 48.5 Å².